The van der Waals surface area contributed by atoms with Crippen LogP contribution in [0.3, 0.4) is 0 Å². The summed E-state index contributed by atoms with van der Waals surface area (Å²) in [6, 6.07) is 10.9. The molecule has 1 saturated heterocycles. The highest BCUT2D eigenvalue weighted by molar-refractivity contribution is 7.99. The lowest BCUT2D eigenvalue weighted by molar-refractivity contribution is 0.252. The van der Waals surface area contributed by atoms with E-state index in [9.17, 15) is 8.42 Å². The maximum atomic E-state index is 13.3. The van der Waals surface area contributed by atoms with Crippen molar-refractivity contribution in [1.29, 1.82) is 0 Å². The Morgan fingerprint density at radius 2 is 1.96 bits per heavy atom. The minimum Gasteiger partial charge on any atom is -0.250 e. The minimum absolute atomic E-state index is 0.136. The van der Waals surface area contributed by atoms with Gasteiger partial charge in [0.25, 0.3) is 0 Å². The molecule has 0 amide bonds. The van der Waals surface area contributed by atoms with Crippen LogP contribution in [0.2, 0.25) is 0 Å². The van der Waals surface area contributed by atoms with Gasteiger partial charge in [0, 0.05) is 18.3 Å². The van der Waals surface area contributed by atoms with Gasteiger partial charge in [-0.15, -0.1) is 11.8 Å². The second-order valence-electron chi connectivity index (χ2n) is 6.27. The summed E-state index contributed by atoms with van der Waals surface area (Å²) in [5, 5.41) is 0.945. The van der Waals surface area contributed by atoms with Gasteiger partial charge in [0.2, 0.25) is 10.0 Å². The first kappa shape index (κ1) is 18.4. The first-order valence-corrected chi connectivity index (χ1v) is 11.1. The van der Waals surface area contributed by atoms with E-state index in [0.29, 0.717) is 11.4 Å². The fourth-order valence-corrected chi connectivity index (χ4v) is 5.72. The van der Waals surface area contributed by atoms with Gasteiger partial charge < -0.3 is 0 Å². The molecule has 0 saturated carbocycles. The summed E-state index contributed by atoms with van der Waals surface area (Å²) in [5.41, 5.74) is 2.09. The van der Waals surface area contributed by atoms with Gasteiger partial charge in [-0.2, -0.15) is 4.31 Å². The molecule has 2 heterocycles. The Balaban J connectivity index is 2.00. The molecule has 0 N–H and O–H groups in total. The number of nitrogens with zero attached hydrogens (tertiary/aromatic N) is 2. The number of benzene rings is 1. The van der Waals surface area contributed by atoms with Crippen LogP contribution < -0.4 is 0 Å². The maximum absolute atomic E-state index is 13.3. The Morgan fingerprint density at radius 1 is 1.20 bits per heavy atom. The predicted octanol–water partition coefficient (Wildman–Crippen LogP) is 4.42. The van der Waals surface area contributed by atoms with Crippen LogP contribution in [0.15, 0.2) is 52.5 Å². The molecule has 1 atom stereocenters. The molecular weight excluding hydrogens is 352 g/mol. The molecule has 3 rings (SSSR count). The molecule has 0 unspecified atom stereocenters. The minimum atomic E-state index is -3.51. The van der Waals surface area contributed by atoms with Gasteiger partial charge in [0.1, 0.15) is 5.03 Å². The van der Waals surface area contributed by atoms with Crippen LogP contribution in [0.25, 0.3) is 0 Å². The third kappa shape index (κ3) is 3.91. The highest BCUT2D eigenvalue weighted by atomic mass is 32.2. The SMILES string of the molecule is CCSc1ncccc1[C@@H]1CCCCN1S(=O)(=O)c1ccc(C)cc1. The second-order valence-corrected chi connectivity index (χ2v) is 9.41. The number of hydrogen-bond acceptors (Lipinski definition) is 4. The zero-order valence-electron chi connectivity index (χ0n) is 14.7. The van der Waals surface area contributed by atoms with Gasteiger partial charge in [0.15, 0.2) is 0 Å². The quantitative estimate of drug-likeness (QED) is 0.725. The number of rotatable bonds is 5. The summed E-state index contributed by atoms with van der Waals surface area (Å²) in [6.07, 6.45) is 4.56. The molecular formula is C19H24N2O2S2. The van der Waals surface area contributed by atoms with Crippen molar-refractivity contribution in [3.63, 3.8) is 0 Å². The largest absolute Gasteiger partial charge is 0.250 e. The van der Waals surface area contributed by atoms with E-state index >= 15 is 0 Å². The lowest BCUT2D eigenvalue weighted by atomic mass is 9.99. The van der Waals surface area contributed by atoms with Gasteiger partial charge >= 0.3 is 0 Å². The Hall–Kier alpha value is -1.37. The van der Waals surface area contributed by atoms with Crippen molar-refractivity contribution in [3.05, 3.63) is 53.7 Å². The van der Waals surface area contributed by atoms with Crippen LogP contribution in [-0.4, -0.2) is 30.0 Å². The lowest BCUT2D eigenvalue weighted by Crippen LogP contribution is -2.38. The average Bonchev–Trinajstić information content (AvgIpc) is 2.63. The van der Waals surface area contributed by atoms with Crippen molar-refractivity contribution >= 4 is 21.8 Å². The average molecular weight is 377 g/mol. The predicted molar refractivity (Wildman–Crippen MR) is 102 cm³/mol. The maximum Gasteiger partial charge on any atom is 0.243 e. The van der Waals surface area contributed by atoms with Crippen molar-refractivity contribution in [3.8, 4) is 0 Å². The van der Waals surface area contributed by atoms with Gasteiger partial charge in [-0.1, -0.05) is 37.1 Å². The molecule has 4 nitrogen and oxygen atoms in total. The van der Waals surface area contributed by atoms with Crippen molar-refractivity contribution < 1.29 is 8.42 Å². The van der Waals surface area contributed by atoms with E-state index in [2.05, 4.69) is 11.9 Å². The first-order chi connectivity index (χ1) is 12.0. The van der Waals surface area contributed by atoms with E-state index in [1.807, 2.05) is 31.2 Å². The van der Waals surface area contributed by atoms with E-state index in [1.165, 1.54) is 0 Å². The highest BCUT2D eigenvalue weighted by Crippen LogP contribution is 2.38. The molecule has 1 fully saturated rings. The summed E-state index contributed by atoms with van der Waals surface area (Å²) in [6.45, 7) is 4.61. The molecule has 0 bridgehead atoms. The number of aryl methyl sites for hydroxylation is 1. The normalized spacial score (nSPS) is 19.0. The van der Waals surface area contributed by atoms with Crippen LogP contribution in [0.4, 0.5) is 0 Å². The molecule has 0 radical (unpaired) electrons. The number of piperidine rings is 1. The molecule has 0 spiro atoms. The zero-order valence-corrected chi connectivity index (χ0v) is 16.3. The molecule has 1 aliphatic heterocycles. The van der Waals surface area contributed by atoms with Crippen LogP contribution in [-0.2, 0) is 10.0 Å². The molecule has 2 aromatic rings. The summed E-state index contributed by atoms with van der Waals surface area (Å²) < 4.78 is 28.2. The number of sulfonamides is 1. The number of thioether (sulfide) groups is 1. The Kier molecular flexibility index (Phi) is 5.81. The topological polar surface area (TPSA) is 50.3 Å². The third-order valence-corrected chi connectivity index (χ3v) is 7.35. The fourth-order valence-electron chi connectivity index (χ4n) is 3.26. The molecule has 134 valence electrons. The zero-order chi connectivity index (χ0) is 17.9. The van der Waals surface area contributed by atoms with Crippen molar-refractivity contribution in [2.24, 2.45) is 0 Å². The summed E-state index contributed by atoms with van der Waals surface area (Å²) >= 11 is 1.67. The van der Waals surface area contributed by atoms with Crippen molar-refractivity contribution in [2.75, 3.05) is 12.3 Å². The third-order valence-electron chi connectivity index (χ3n) is 4.52. The van der Waals surface area contributed by atoms with Gasteiger partial charge in [-0.05, 0) is 43.7 Å². The van der Waals surface area contributed by atoms with Crippen LogP contribution >= 0.6 is 11.8 Å². The molecule has 1 aromatic heterocycles. The number of pyridine rings is 1. The monoisotopic (exact) mass is 376 g/mol. The van der Waals surface area contributed by atoms with Gasteiger partial charge in [-0.3, -0.25) is 0 Å². The van der Waals surface area contributed by atoms with Crippen molar-refractivity contribution in [1.82, 2.24) is 9.29 Å². The molecule has 1 aromatic carbocycles. The number of aromatic nitrogens is 1. The van der Waals surface area contributed by atoms with Crippen LogP contribution in [0.1, 0.15) is 43.4 Å². The van der Waals surface area contributed by atoms with E-state index in [1.54, 1.807) is 34.4 Å². The molecule has 0 aliphatic carbocycles. The molecule has 6 heteroatoms. The Morgan fingerprint density at radius 3 is 2.68 bits per heavy atom. The van der Waals surface area contributed by atoms with Crippen molar-refractivity contribution in [2.45, 2.75) is 49.1 Å². The first-order valence-electron chi connectivity index (χ1n) is 8.70. The van der Waals surface area contributed by atoms with E-state index in [4.69, 9.17) is 0 Å². The standard InChI is InChI=1S/C19H24N2O2S2/c1-3-24-19-17(7-6-13-20-19)18-8-4-5-14-21(18)25(22,23)16-11-9-15(2)10-12-16/h6-7,9-13,18H,3-5,8,14H2,1-2H3/t18-/m0/s1. The van der Waals surface area contributed by atoms with E-state index in [0.717, 1.165) is 41.2 Å². The molecule has 1 aliphatic rings. The Labute approximate surface area is 154 Å². The molecule has 25 heavy (non-hydrogen) atoms. The van der Waals surface area contributed by atoms with Crippen LogP contribution in [0.5, 0.6) is 0 Å². The Bertz CT molecular complexity index is 820. The summed E-state index contributed by atoms with van der Waals surface area (Å²) in [7, 11) is -3.51. The van der Waals surface area contributed by atoms with E-state index < -0.39 is 10.0 Å². The second kappa shape index (κ2) is 7.89. The van der Waals surface area contributed by atoms with Gasteiger partial charge in [0.05, 0.1) is 10.9 Å². The highest BCUT2D eigenvalue weighted by Gasteiger charge is 2.35. The summed E-state index contributed by atoms with van der Waals surface area (Å²) in [4.78, 5) is 4.86. The van der Waals surface area contributed by atoms with Gasteiger partial charge in [-0.25, -0.2) is 13.4 Å². The number of hydrogen-bond donors (Lipinski definition) is 0. The fraction of sp³-hybridized carbons (Fsp3) is 0.421. The van der Waals surface area contributed by atoms with Crippen LogP contribution in [0, 0.1) is 6.92 Å². The van der Waals surface area contributed by atoms with E-state index in [-0.39, 0.29) is 6.04 Å². The lowest BCUT2D eigenvalue weighted by Gasteiger charge is -2.35. The summed E-state index contributed by atoms with van der Waals surface area (Å²) in [5.74, 6) is 0.918. The smallest absolute Gasteiger partial charge is 0.243 e.